The van der Waals surface area contributed by atoms with Crippen molar-refractivity contribution >= 4 is 5.91 Å². The molecule has 1 aliphatic carbocycles. The predicted molar refractivity (Wildman–Crippen MR) is 96.0 cm³/mol. The van der Waals surface area contributed by atoms with Gasteiger partial charge in [-0.3, -0.25) is 4.79 Å². The molecule has 1 N–H and O–H groups in total. The Morgan fingerprint density at radius 3 is 2.68 bits per heavy atom. The SMILES string of the molecule is O=C(NC1CCN(C2CC2)CC1)c1ccccc1OCC1CCCO1. The average molecular weight is 344 g/mol. The molecule has 2 saturated heterocycles. The number of para-hydroxylation sites is 1. The van der Waals surface area contributed by atoms with Gasteiger partial charge in [-0.1, -0.05) is 12.1 Å². The summed E-state index contributed by atoms with van der Waals surface area (Å²) in [5.41, 5.74) is 0.630. The van der Waals surface area contributed by atoms with Crippen molar-refractivity contribution in [3.63, 3.8) is 0 Å². The van der Waals surface area contributed by atoms with Crippen molar-refractivity contribution in [2.24, 2.45) is 0 Å². The molecule has 3 fully saturated rings. The summed E-state index contributed by atoms with van der Waals surface area (Å²) < 4.78 is 11.5. The summed E-state index contributed by atoms with van der Waals surface area (Å²) in [4.78, 5) is 15.3. The highest BCUT2D eigenvalue weighted by atomic mass is 16.5. The first kappa shape index (κ1) is 16.9. The van der Waals surface area contributed by atoms with E-state index in [9.17, 15) is 4.79 Å². The van der Waals surface area contributed by atoms with Crippen molar-refractivity contribution < 1.29 is 14.3 Å². The number of benzene rings is 1. The third-order valence-corrected chi connectivity index (χ3v) is 5.51. The van der Waals surface area contributed by atoms with Gasteiger partial charge >= 0.3 is 0 Å². The second-order valence-electron chi connectivity index (χ2n) is 7.46. The van der Waals surface area contributed by atoms with Gasteiger partial charge in [0.15, 0.2) is 0 Å². The first-order chi connectivity index (χ1) is 12.3. The van der Waals surface area contributed by atoms with E-state index in [0.717, 1.165) is 51.4 Å². The van der Waals surface area contributed by atoms with Crippen LogP contribution in [-0.4, -0.2) is 55.3 Å². The van der Waals surface area contributed by atoms with Crippen molar-refractivity contribution in [2.75, 3.05) is 26.3 Å². The minimum absolute atomic E-state index is 0.0205. The van der Waals surface area contributed by atoms with E-state index in [4.69, 9.17) is 9.47 Å². The van der Waals surface area contributed by atoms with Gasteiger partial charge in [0.25, 0.3) is 5.91 Å². The van der Waals surface area contributed by atoms with E-state index in [1.54, 1.807) is 0 Å². The van der Waals surface area contributed by atoms with Crippen LogP contribution in [0.1, 0.15) is 48.9 Å². The first-order valence-corrected chi connectivity index (χ1v) is 9.68. The number of rotatable bonds is 6. The van der Waals surface area contributed by atoms with Crippen LogP contribution < -0.4 is 10.1 Å². The summed E-state index contributed by atoms with van der Waals surface area (Å²) in [5, 5.41) is 3.21. The minimum atomic E-state index is -0.0205. The number of likely N-dealkylation sites (tertiary alicyclic amines) is 1. The molecule has 1 aromatic rings. The second kappa shape index (κ2) is 7.75. The molecule has 4 rings (SSSR count). The van der Waals surface area contributed by atoms with Crippen molar-refractivity contribution in [3.8, 4) is 5.75 Å². The van der Waals surface area contributed by atoms with Gasteiger partial charge in [-0.25, -0.2) is 0 Å². The van der Waals surface area contributed by atoms with E-state index in [1.165, 1.54) is 12.8 Å². The lowest BCUT2D eigenvalue weighted by molar-refractivity contribution is 0.0669. The molecule has 136 valence electrons. The fourth-order valence-corrected chi connectivity index (χ4v) is 3.85. The van der Waals surface area contributed by atoms with Gasteiger partial charge in [-0.2, -0.15) is 0 Å². The first-order valence-electron chi connectivity index (χ1n) is 9.68. The van der Waals surface area contributed by atoms with E-state index >= 15 is 0 Å². The van der Waals surface area contributed by atoms with Crippen molar-refractivity contribution in [1.29, 1.82) is 0 Å². The number of carbonyl (C=O) groups excluding carboxylic acids is 1. The fourth-order valence-electron chi connectivity index (χ4n) is 3.85. The molecule has 0 bridgehead atoms. The van der Waals surface area contributed by atoms with E-state index in [2.05, 4.69) is 10.2 Å². The largest absolute Gasteiger partial charge is 0.490 e. The Kier molecular flexibility index (Phi) is 5.22. The highest BCUT2D eigenvalue weighted by Crippen LogP contribution is 2.29. The number of amides is 1. The number of nitrogens with one attached hydrogen (secondary N) is 1. The van der Waals surface area contributed by atoms with Gasteiger partial charge in [0.05, 0.1) is 11.7 Å². The molecule has 1 unspecified atom stereocenters. The van der Waals surface area contributed by atoms with Crippen LogP contribution in [0.5, 0.6) is 5.75 Å². The number of carbonyl (C=O) groups is 1. The standard InChI is InChI=1S/C20H28N2O3/c23-20(21-15-9-11-22(12-10-15)16-7-8-16)18-5-1-2-6-19(18)25-14-17-4-3-13-24-17/h1-2,5-6,15-17H,3-4,7-14H2,(H,21,23). The zero-order valence-electron chi connectivity index (χ0n) is 14.8. The number of ether oxygens (including phenoxy) is 2. The Morgan fingerprint density at radius 1 is 1.16 bits per heavy atom. The van der Waals surface area contributed by atoms with Crippen LogP contribution >= 0.6 is 0 Å². The Morgan fingerprint density at radius 2 is 1.96 bits per heavy atom. The van der Waals surface area contributed by atoms with Crippen molar-refractivity contribution in [2.45, 2.75) is 56.7 Å². The van der Waals surface area contributed by atoms with Crippen molar-refractivity contribution in [3.05, 3.63) is 29.8 Å². The van der Waals surface area contributed by atoms with Gasteiger partial charge in [-0.15, -0.1) is 0 Å². The lowest BCUT2D eigenvalue weighted by Crippen LogP contribution is -2.45. The third kappa shape index (κ3) is 4.33. The Balaban J connectivity index is 1.31. The number of hydrogen-bond acceptors (Lipinski definition) is 4. The summed E-state index contributed by atoms with van der Waals surface area (Å²) in [6, 6.07) is 8.62. The molecular formula is C20H28N2O3. The van der Waals surface area contributed by atoms with E-state index in [0.29, 0.717) is 17.9 Å². The zero-order chi connectivity index (χ0) is 17.1. The van der Waals surface area contributed by atoms with Gasteiger partial charge in [0.2, 0.25) is 0 Å². The summed E-state index contributed by atoms with van der Waals surface area (Å²) in [6.07, 6.45) is 7.08. The Bertz CT molecular complexity index is 588. The smallest absolute Gasteiger partial charge is 0.255 e. The van der Waals surface area contributed by atoms with Crippen LogP contribution in [0.15, 0.2) is 24.3 Å². The number of piperidine rings is 1. The fraction of sp³-hybridized carbons (Fsp3) is 0.650. The molecule has 1 amide bonds. The lowest BCUT2D eigenvalue weighted by atomic mass is 10.0. The van der Waals surface area contributed by atoms with Crippen LogP contribution in [0.4, 0.5) is 0 Å². The highest BCUT2D eigenvalue weighted by Gasteiger charge is 2.32. The summed E-state index contributed by atoms with van der Waals surface area (Å²) in [6.45, 7) is 3.54. The van der Waals surface area contributed by atoms with Crippen LogP contribution in [0.25, 0.3) is 0 Å². The second-order valence-corrected chi connectivity index (χ2v) is 7.46. The molecule has 5 heteroatoms. The van der Waals surface area contributed by atoms with Crippen LogP contribution in [-0.2, 0) is 4.74 Å². The molecule has 3 aliphatic rings. The van der Waals surface area contributed by atoms with Crippen LogP contribution in [0, 0.1) is 0 Å². The Hall–Kier alpha value is -1.59. The molecule has 0 spiro atoms. The van der Waals surface area contributed by atoms with Crippen LogP contribution in [0.2, 0.25) is 0 Å². The maximum Gasteiger partial charge on any atom is 0.255 e. The van der Waals surface area contributed by atoms with Crippen LogP contribution in [0.3, 0.4) is 0 Å². The predicted octanol–water partition coefficient (Wildman–Crippen LogP) is 2.60. The molecule has 2 aliphatic heterocycles. The third-order valence-electron chi connectivity index (χ3n) is 5.51. The van der Waals surface area contributed by atoms with Gasteiger partial charge < -0.3 is 19.7 Å². The lowest BCUT2D eigenvalue weighted by Gasteiger charge is -2.32. The normalized spacial score (nSPS) is 25.0. The molecule has 1 aromatic carbocycles. The summed E-state index contributed by atoms with van der Waals surface area (Å²) >= 11 is 0. The molecule has 25 heavy (non-hydrogen) atoms. The molecule has 2 heterocycles. The number of hydrogen-bond donors (Lipinski definition) is 1. The molecule has 0 radical (unpaired) electrons. The number of nitrogens with zero attached hydrogens (tertiary/aromatic N) is 1. The summed E-state index contributed by atoms with van der Waals surface area (Å²) in [5.74, 6) is 0.638. The van der Waals surface area contributed by atoms with Gasteiger partial charge in [0.1, 0.15) is 12.4 Å². The van der Waals surface area contributed by atoms with Crippen molar-refractivity contribution in [1.82, 2.24) is 10.2 Å². The minimum Gasteiger partial charge on any atom is -0.490 e. The van der Waals surface area contributed by atoms with E-state index in [1.807, 2.05) is 24.3 Å². The molecular weight excluding hydrogens is 316 g/mol. The Labute approximate surface area is 149 Å². The summed E-state index contributed by atoms with van der Waals surface area (Å²) in [7, 11) is 0. The highest BCUT2D eigenvalue weighted by molar-refractivity contribution is 5.97. The quantitative estimate of drug-likeness (QED) is 0.862. The average Bonchev–Trinajstić information content (AvgIpc) is 3.36. The monoisotopic (exact) mass is 344 g/mol. The van der Waals surface area contributed by atoms with Gasteiger partial charge in [0, 0.05) is 31.8 Å². The van der Waals surface area contributed by atoms with E-state index in [-0.39, 0.29) is 18.1 Å². The van der Waals surface area contributed by atoms with E-state index < -0.39 is 0 Å². The zero-order valence-corrected chi connectivity index (χ0v) is 14.8. The maximum absolute atomic E-state index is 12.7. The molecule has 0 aromatic heterocycles. The molecule has 5 nitrogen and oxygen atoms in total. The molecule has 1 saturated carbocycles. The topological polar surface area (TPSA) is 50.8 Å². The molecule has 1 atom stereocenters. The van der Waals surface area contributed by atoms with Gasteiger partial charge in [-0.05, 0) is 50.7 Å². The maximum atomic E-state index is 12.7.